The fourth-order valence-corrected chi connectivity index (χ4v) is 2.57. The molecule has 0 saturated carbocycles. The molecule has 1 aromatic heterocycles. The van der Waals surface area contributed by atoms with Gasteiger partial charge in [0.25, 0.3) is 11.6 Å². The first-order valence-corrected chi connectivity index (χ1v) is 7.15. The van der Waals surface area contributed by atoms with E-state index in [-0.39, 0.29) is 28.4 Å². The second-order valence-electron chi connectivity index (χ2n) is 5.12. The number of halogens is 1. The quantitative estimate of drug-likeness (QED) is 0.521. The highest BCUT2D eigenvalue weighted by atomic mass is 35.5. The van der Waals surface area contributed by atoms with Gasteiger partial charge in [-0.15, -0.1) is 0 Å². The molecular weight excluding hydrogens is 296 g/mol. The van der Waals surface area contributed by atoms with Crippen molar-refractivity contribution < 1.29 is 9.72 Å². The van der Waals surface area contributed by atoms with Crippen molar-refractivity contribution in [3.8, 4) is 0 Å². The Labute approximate surface area is 127 Å². The van der Waals surface area contributed by atoms with Gasteiger partial charge in [0.1, 0.15) is 11.3 Å². The topological polar surface area (TPSA) is 88.4 Å². The van der Waals surface area contributed by atoms with Crippen molar-refractivity contribution in [3.05, 3.63) is 33.1 Å². The molecule has 1 aliphatic rings. The average molecular weight is 313 g/mol. The van der Waals surface area contributed by atoms with Crippen LogP contribution in [0.2, 0.25) is 5.15 Å². The molecule has 21 heavy (non-hydrogen) atoms. The zero-order valence-corrected chi connectivity index (χ0v) is 12.5. The lowest BCUT2D eigenvalue weighted by Crippen LogP contribution is -2.44. The Kier molecular flexibility index (Phi) is 5.08. The summed E-state index contributed by atoms with van der Waals surface area (Å²) >= 11 is 5.89. The Morgan fingerprint density at radius 3 is 3.00 bits per heavy atom. The van der Waals surface area contributed by atoms with Gasteiger partial charge < -0.3 is 10.2 Å². The van der Waals surface area contributed by atoms with E-state index in [9.17, 15) is 14.9 Å². The Hall–Kier alpha value is -1.73. The van der Waals surface area contributed by atoms with Crippen LogP contribution in [0.5, 0.6) is 0 Å². The molecule has 0 bridgehead atoms. The van der Waals surface area contributed by atoms with E-state index >= 15 is 0 Å². The van der Waals surface area contributed by atoms with Crippen LogP contribution in [0.4, 0.5) is 5.69 Å². The molecule has 1 fully saturated rings. The first kappa shape index (κ1) is 15.7. The molecule has 0 aromatic carbocycles. The van der Waals surface area contributed by atoms with Crippen LogP contribution < -0.4 is 5.32 Å². The van der Waals surface area contributed by atoms with Crippen LogP contribution in [0.3, 0.4) is 0 Å². The van der Waals surface area contributed by atoms with Gasteiger partial charge in [-0.2, -0.15) is 0 Å². The van der Waals surface area contributed by atoms with Gasteiger partial charge in [0, 0.05) is 25.7 Å². The van der Waals surface area contributed by atoms with Crippen molar-refractivity contribution in [3.63, 3.8) is 0 Å². The largest absolute Gasteiger partial charge is 0.340 e. The number of carbonyl (C=O) groups excluding carboxylic acids is 1. The summed E-state index contributed by atoms with van der Waals surface area (Å²) in [6.45, 7) is 1.49. The van der Waals surface area contributed by atoms with Gasteiger partial charge in [-0.05, 0) is 19.4 Å². The summed E-state index contributed by atoms with van der Waals surface area (Å²) in [5.41, 5.74) is -0.184. The van der Waals surface area contributed by atoms with Crippen LogP contribution >= 0.6 is 11.6 Å². The number of nitrogens with zero attached hydrogens (tertiary/aromatic N) is 3. The molecule has 1 atom stereocenters. The lowest BCUT2D eigenvalue weighted by Gasteiger charge is -2.28. The maximum absolute atomic E-state index is 12.4. The summed E-state index contributed by atoms with van der Waals surface area (Å²) in [7, 11) is 1.66. The molecule has 2 rings (SSSR count). The monoisotopic (exact) mass is 312 g/mol. The lowest BCUT2D eigenvalue weighted by molar-refractivity contribution is -0.385. The minimum Gasteiger partial charge on any atom is -0.340 e. The van der Waals surface area contributed by atoms with Crippen LogP contribution in [0.15, 0.2) is 12.3 Å². The number of hydrogen-bond donors (Lipinski definition) is 1. The number of nitro groups is 1. The van der Waals surface area contributed by atoms with Crippen LogP contribution in [-0.4, -0.2) is 46.9 Å². The standard InChI is InChI=1S/C13H17ClN4O3/c1-17(8-9-4-2-3-5-15-9)13(19)11-6-10(18(20)21)7-16-12(11)14/h6-7,9,15H,2-5,8H2,1H3. The number of piperidine rings is 1. The van der Waals surface area contributed by atoms with Gasteiger partial charge in [0.05, 0.1) is 10.5 Å². The van der Waals surface area contributed by atoms with Gasteiger partial charge in [0.2, 0.25) is 0 Å². The lowest BCUT2D eigenvalue weighted by atomic mass is 10.0. The normalized spacial score (nSPS) is 18.3. The zero-order valence-electron chi connectivity index (χ0n) is 11.7. The van der Waals surface area contributed by atoms with E-state index in [0.29, 0.717) is 6.54 Å². The second-order valence-corrected chi connectivity index (χ2v) is 5.48. The molecule has 0 spiro atoms. The summed E-state index contributed by atoms with van der Waals surface area (Å²) < 4.78 is 0. The molecule has 1 N–H and O–H groups in total. The number of carbonyl (C=O) groups is 1. The number of hydrogen-bond acceptors (Lipinski definition) is 5. The molecule has 1 aromatic rings. The maximum atomic E-state index is 12.4. The van der Waals surface area contributed by atoms with Gasteiger partial charge in [-0.25, -0.2) is 4.98 Å². The molecule has 7 nitrogen and oxygen atoms in total. The molecule has 1 saturated heterocycles. The van der Waals surface area contributed by atoms with Crippen molar-refractivity contribution in [1.29, 1.82) is 0 Å². The molecule has 0 radical (unpaired) electrons. The van der Waals surface area contributed by atoms with Gasteiger partial charge in [0.15, 0.2) is 0 Å². The average Bonchev–Trinajstić information content (AvgIpc) is 2.47. The molecule has 1 aliphatic heterocycles. The molecule has 2 heterocycles. The summed E-state index contributed by atoms with van der Waals surface area (Å²) in [5.74, 6) is -0.358. The Bertz CT molecular complexity index is 546. The zero-order chi connectivity index (χ0) is 15.4. The highest BCUT2D eigenvalue weighted by Crippen LogP contribution is 2.20. The molecule has 1 unspecified atom stereocenters. The van der Waals surface area contributed by atoms with Crippen molar-refractivity contribution in [2.24, 2.45) is 0 Å². The van der Waals surface area contributed by atoms with Crippen molar-refractivity contribution >= 4 is 23.2 Å². The van der Waals surface area contributed by atoms with E-state index in [2.05, 4.69) is 10.3 Å². The molecule has 8 heteroatoms. The Balaban J connectivity index is 2.10. The predicted molar refractivity (Wildman–Crippen MR) is 78.5 cm³/mol. The van der Waals surface area contributed by atoms with Crippen molar-refractivity contribution in [2.75, 3.05) is 20.1 Å². The third kappa shape index (κ3) is 3.89. The predicted octanol–water partition coefficient (Wildman–Crippen LogP) is 1.86. The number of amides is 1. The van der Waals surface area contributed by atoms with E-state index < -0.39 is 4.92 Å². The number of nitrogens with one attached hydrogen (secondary N) is 1. The Morgan fingerprint density at radius 2 is 2.38 bits per heavy atom. The SMILES string of the molecule is CN(CC1CCCCN1)C(=O)c1cc([N+](=O)[O-])cnc1Cl. The van der Waals surface area contributed by atoms with Gasteiger partial charge >= 0.3 is 0 Å². The summed E-state index contributed by atoms with van der Waals surface area (Å²) in [6.07, 6.45) is 4.34. The van der Waals surface area contributed by atoms with Crippen molar-refractivity contribution in [2.45, 2.75) is 25.3 Å². The van der Waals surface area contributed by atoms with E-state index in [1.165, 1.54) is 11.0 Å². The molecule has 1 amide bonds. The Morgan fingerprint density at radius 1 is 1.62 bits per heavy atom. The fourth-order valence-electron chi connectivity index (χ4n) is 2.39. The number of aromatic nitrogens is 1. The third-order valence-electron chi connectivity index (χ3n) is 3.52. The first-order valence-electron chi connectivity index (χ1n) is 6.78. The maximum Gasteiger partial charge on any atom is 0.288 e. The molecule has 0 aliphatic carbocycles. The second kappa shape index (κ2) is 6.82. The van der Waals surface area contributed by atoms with Crippen LogP contribution in [0.1, 0.15) is 29.6 Å². The number of pyridine rings is 1. The number of rotatable bonds is 4. The van der Waals surface area contributed by atoms with E-state index in [0.717, 1.165) is 32.0 Å². The van der Waals surface area contributed by atoms with E-state index in [1.807, 2.05) is 0 Å². The van der Waals surface area contributed by atoms with Crippen LogP contribution in [0.25, 0.3) is 0 Å². The summed E-state index contributed by atoms with van der Waals surface area (Å²) in [6, 6.07) is 1.42. The third-order valence-corrected chi connectivity index (χ3v) is 3.82. The number of likely N-dealkylation sites (N-methyl/N-ethyl adjacent to an activating group) is 1. The van der Waals surface area contributed by atoms with E-state index in [1.54, 1.807) is 7.05 Å². The van der Waals surface area contributed by atoms with E-state index in [4.69, 9.17) is 11.6 Å². The van der Waals surface area contributed by atoms with Crippen LogP contribution in [-0.2, 0) is 0 Å². The molecule has 114 valence electrons. The molecular formula is C13H17ClN4O3. The first-order chi connectivity index (χ1) is 9.99. The summed E-state index contributed by atoms with van der Waals surface area (Å²) in [4.78, 5) is 27.8. The smallest absolute Gasteiger partial charge is 0.288 e. The van der Waals surface area contributed by atoms with Gasteiger partial charge in [-0.3, -0.25) is 14.9 Å². The highest BCUT2D eigenvalue weighted by molar-refractivity contribution is 6.32. The van der Waals surface area contributed by atoms with Gasteiger partial charge in [-0.1, -0.05) is 18.0 Å². The summed E-state index contributed by atoms with van der Waals surface area (Å²) in [5, 5.41) is 14.1. The van der Waals surface area contributed by atoms with Crippen LogP contribution in [0, 0.1) is 10.1 Å². The highest BCUT2D eigenvalue weighted by Gasteiger charge is 2.23. The fraction of sp³-hybridized carbons (Fsp3) is 0.538. The van der Waals surface area contributed by atoms with Crippen molar-refractivity contribution in [1.82, 2.24) is 15.2 Å². The minimum atomic E-state index is -0.594. The minimum absolute atomic E-state index is 0.0194.